The lowest BCUT2D eigenvalue weighted by atomic mass is 10.1. The number of non-ortho nitro benzene ring substituents is 3. The van der Waals surface area contributed by atoms with Crippen LogP contribution in [0.25, 0.3) is 0 Å². The van der Waals surface area contributed by atoms with Crippen molar-refractivity contribution in [2.45, 2.75) is 33.6 Å². The molecule has 0 aliphatic carbocycles. The number of nitrogen functional groups attached to an aromatic ring is 3. The minimum Gasteiger partial charge on any atom is -0.510 e. The number of ketones is 1. The van der Waals surface area contributed by atoms with Crippen LogP contribution in [0.2, 0.25) is 0 Å². The monoisotopic (exact) mass is 1510 g/mol. The maximum atomic E-state index is 12.5. The lowest BCUT2D eigenvalue weighted by Crippen LogP contribution is -2.15. The molecule has 0 aromatic heterocycles. The van der Waals surface area contributed by atoms with Crippen LogP contribution < -0.4 is 33.2 Å². The molecule has 1 heterocycles. The third-order valence-electron chi connectivity index (χ3n) is 13.1. The van der Waals surface area contributed by atoms with Crippen LogP contribution in [0.15, 0.2) is 207 Å². The molecule has 1 aliphatic rings. The molecule has 39 nitrogen and oxygen atoms in total. The number of carbonyl (C=O) groups is 11. The molecule has 0 spiro atoms. The third kappa shape index (κ3) is 29.1. The van der Waals surface area contributed by atoms with Crippen LogP contribution in [-0.2, 0) is 57.1 Å². The van der Waals surface area contributed by atoms with E-state index in [1.54, 1.807) is 24.3 Å². The maximum Gasteiger partial charge on any atom is 0.340 e. The van der Waals surface area contributed by atoms with Gasteiger partial charge in [-0.1, -0.05) is 6.58 Å². The van der Waals surface area contributed by atoms with Gasteiger partial charge < -0.3 is 76.5 Å². The number of cyclic esters (lactones) is 1. The highest BCUT2D eigenvalue weighted by atomic mass is 16.6. The van der Waals surface area contributed by atoms with Gasteiger partial charge >= 0.3 is 41.8 Å². The Morgan fingerprint density at radius 2 is 0.752 bits per heavy atom. The molecule has 7 aromatic rings. The van der Waals surface area contributed by atoms with Gasteiger partial charge in [0.2, 0.25) is 5.91 Å². The van der Waals surface area contributed by atoms with Crippen molar-refractivity contribution in [3.63, 3.8) is 0 Å². The van der Waals surface area contributed by atoms with E-state index < -0.39 is 91.2 Å². The number of rotatable bonds is 20. The van der Waals surface area contributed by atoms with Crippen molar-refractivity contribution in [1.82, 2.24) is 0 Å². The summed E-state index contributed by atoms with van der Waals surface area (Å²) in [5, 5.41) is 73.5. The van der Waals surface area contributed by atoms with Crippen molar-refractivity contribution in [2.75, 3.05) is 75.8 Å². The zero-order valence-corrected chi connectivity index (χ0v) is 59.1. The number of amides is 3. The SMILES string of the molecule is C=C1CC(=O)O1.CC(=O)CC(=O)Nc1ccc([N+](=O)[O-])cc1.COC(=O)c1ccc(C(=O)OC)c(N)c1.COC(=O)c1ccc(C(=O)OC)c(N=NC(C(=O)Nc2ccc(N)cc2)=C(C)O)c1.COC(=O)c1ccc(C(=O)OC)c(N=NC(C(=O)Nc2ccc([N+](=O)[O-])cc2)=C(C)O)c1.Nc1ccc([N+](=O)[O-])cc1. The lowest BCUT2D eigenvalue weighted by molar-refractivity contribution is -0.385. The Kier molecular flexibility index (Phi) is 35.0. The summed E-state index contributed by atoms with van der Waals surface area (Å²) in [5.41, 5.74) is 18.2. The zero-order chi connectivity index (χ0) is 81.8. The van der Waals surface area contributed by atoms with Gasteiger partial charge in [0.05, 0.1) is 97.2 Å². The molecular weight excluding hydrogens is 1440 g/mol. The molecule has 0 saturated carbocycles. The number of nitrogens with two attached hydrogens (primary N) is 3. The number of aliphatic hydroxyl groups is 2. The standard InChI is InChI=1S/C20H18N4O8.C20H20N4O6.C10H10N2O4.C10H11NO4.C6H6N2O2.C4H4O2/c1-11(25)17(18(26)21-13-5-7-14(8-6-13)24(29)30)23-22-16-10-12(19(27)31-2)4-9-15(16)20(28)32-3;1-11(25)17(18(26)22-14-7-5-13(21)6-8-14)24-23-16-10-12(19(27)29-2)4-9-15(16)20(28)30-3;1-7(13)6-10(14)11-8-2-4-9(5-3-8)12(15)16;1-14-9(12)6-3-4-7(8(11)5-6)10(13)15-2;7-5-1-3-6(4-2-5)8(9)10;1-3-2-4(5)6-3/h4-10,25H,1-3H3,(H,21,26);4-10,25H,21H2,1-3H3,(H,22,26);2-5H,6H2,1H3,(H,11,14);3-5H,11H2,1-2H3;1-4H,7H2;1-2H2. The van der Waals surface area contributed by atoms with E-state index in [-0.39, 0.29) is 85.8 Å². The molecule has 570 valence electrons. The van der Waals surface area contributed by atoms with Gasteiger partial charge in [-0.05, 0) is 136 Å². The maximum absolute atomic E-state index is 12.5. The van der Waals surface area contributed by atoms with E-state index in [9.17, 15) is 93.3 Å². The van der Waals surface area contributed by atoms with Gasteiger partial charge in [-0.2, -0.15) is 0 Å². The molecule has 7 aromatic carbocycles. The highest BCUT2D eigenvalue weighted by Crippen LogP contribution is 2.28. The van der Waals surface area contributed by atoms with Crippen molar-refractivity contribution in [1.29, 1.82) is 0 Å². The number of hydrogen-bond acceptors (Lipinski definition) is 33. The first-order chi connectivity index (χ1) is 51.5. The van der Waals surface area contributed by atoms with E-state index in [0.717, 1.165) is 7.11 Å². The number of aliphatic hydroxyl groups excluding tert-OH is 2. The van der Waals surface area contributed by atoms with Gasteiger partial charge in [0, 0.05) is 70.5 Å². The number of allylic oxidation sites excluding steroid dienone is 2. The van der Waals surface area contributed by atoms with Crippen molar-refractivity contribution in [3.05, 3.63) is 251 Å². The summed E-state index contributed by atoms with van der Waals surface area (Å²) < 4.78 is 31.9. The Bertz CT molecular complexity index is 4680. The minimum absolute atomic E-state index is 0.00258. The second-order valence-electron chi connectivity index (χ2n) is 21.1. The molecule has 39 heteroatoms. The summed E-state index contributed by atoms with van der Waals surface area (Å²) in [5.74, 6) is -6.63. The number of nitrogens with one attached hydrogen (secondary N) is 3. The number of hydrogen-bond donors (Lipinski definition) is 8. The van der Waals surface area contributed by atoms with Crippen LogP contribution in [0.4, 0.5) is 62.6 Å². The van der Waals surface area contributed by atoms with Crippen LogP contribution in [0, 0.1) is 30.3 Å². The highest BCUT2D eigenvalue weighted by Gasteiger charge is 2.22. The van der Waals surface area contributed by atoms with E-state index >= 15 is 0 Å². The number of carbonyl (C=O) groups excluding carboxylic acids is 11. The summed E-state index contributed by atoms with van der Waals surface area (Å²) in [4.78, 5) is 156. The molecule has 0 bridgehead atoms. The Labute approximate surface area is 617 Å². The molecule has 0 radical (unpaired) electrons. The van der Waals surface area contributed by atoms with Gasteiger partial charge in [-0.3, -0.25) is 54.3 Å². The first-order valence-corrected chi connectivity index (χ1v) is 30.5. The van der Waals surface area contributed by atoms with Gasteiger partial charge in [-0.15, -0.1) is 20.5 Å². The lowest BCUT2D eigenvalue weighted by Gasteiger charge is -2.12. The van der Waals surface area contributed by atoms with Gasteiger partial charge in [-0.25, -0.2) is 28.8 Å². The van der Waals surface area contributed by atoms with Gasteiger partial charge in [0.1, 0.15) is 40.9 Å². The van der Waals surface area contributed by atoms with Crippen LogP contribution in [0.3, 0.4) is 0 Å². The molecule has 1 aliphatic heterocycles. The van der Waals surface area contributed by atoms with Crippen LogP contribution in [0.5, 0.6) is 0 Å². The molecule has 0 unspecified atom stereocenters. The average Bonchev–Trinajstić information content (AvgIpc) is 0.825. The van der Waals surface area contributed by atoms with E-state index in [4.69, 9.17) is 17.2 Å². The number of nitrogens with zero attached hydrogens (tertiary/aromatic N) is 7. The fourth-order valence-electron chi connectivity index (χ4n) is 7.78. The first-order valence-electron chi connectivity index (χ1n) is 30.5. The number of methoxy groups -OCH3 is 6. The fraction of sp³-hybridized carbons (Fsp3) is 0.157. The zero-order valence-electron chi connectivity index (χ0n) is 59.1. The van der Waals surface area contributed by atoms with Crippen molar-refractivity contribution in [2.24, 2.45) is 20.5 Å². The largest absolute Gasteiger partial charge is 0.510 e. The number of benzene rings is 7. The molecular formula is C70H69N13O26. The van der Waals surface area contributed by atoms with Crippen molar-refractivity contribution < 1.29 is 111 Å². The topological polar surface area (TPSA) is 586 Å². The number of anilines is 6. The van der Waals surface area contributed by atoms with Gasteiger partial charge in [0.15, 0.2) is 11.4 Å². The third-order valence-corrected chi connectivity index (χ3v) is 13.1. The van der Waals surface area contributed by atoms with Gasteiger partial charge in [0.25, 0.3) is 28.9 Å². The van der Waals surface area contributed by atoms with E-state index in [1.165, 1.54) is 184 Å². The molecule has 11 N–H and O–H groups in total. The normalized spacial score (nSPS) is 11.2. The Hall–Kier alpha value is -15.5. The second kappa shape index (κ2) is 43.5. The van der Waals surface area contributed by atoms with E-state index in [1.807, 2.05) is 0 Å². The summed E-state index contributed by atoms with van der Waals surface area (Å²) >= 11 is 0. The smallest absolute Gasteiger partial charge is 0.340 e. The number of azo groups is 2. The van der Waals surface area contributed by atoms with E-state index in [2.05, 4.69) is 76.1 Å². The van der Waals surface area contributed by atoms with E-state index in [0.29, 0.717) is 40.5 Å². The molecule has 3 amide bonds. The number of ether oxygens (including phenoxy) is 7. The predicted molar refractivity (Wildman–Crippen MR) is 387 cm³/mol. The molecule has 8 rings (SSSR count). The summed E-state index contributed by atoms with van der Waals surface area (Å²) in [6, 6.07) is 34.4. The summed E-state index contributed by atoms with van der Waals surface area (Å²) in [6.45, 7) is 7.13. The Morgan fingerprint density at radius 1 is 0.459 bits per heavy atom. The van der Waals surface area contributed by atoms with Crippen molar-refractivity contribution in [3.8, 4) is 0 Å². The Morgan fingerprint density at radius 3 is 1.04 bits per heavy atom. The van der Waals surface area contributed by atoms with Crippen LogP contribution >= 0.6 is 0 Å². The highest BCUT2D eigenvalue weighted by molar-refractivity contribution is 6.06. The minimum atomic E-state index is -0.869. The second-order valence-corrected chi connectivity index (χ2v) is 21.1. The number of nitro benzene ring substituents is 3. The van der Waals surface area contributed by atoms with Crippen molar-refractivity contribution >= 4 is 128 Å². The number of Topliss-reactive ketones (excluding diaryl/α,β-unsaturated/α-hetero) is 1. The quantitative estimate of drug-likeness (QED) is 0.00404. The number of esters is 7. The first kappa shape index (κ1) is 87.7. The number of nitro groups is 3. The molecule has 1 saturated heterocycles. The van der Waals surface area contributed by atoms with Crippen LogP contribution in [-0.4, -0.2) is 133 Å². The molecule has 1 fully saturated rings. The fourth-order valence-corrected chi connectivity index (χ4v) is 7.78. The Balaban J connectivity index is 0.000000364. The molecule has 109 heavy (non-hydrogen) atoms. The summed E-state index contributed by atoms with van der Waals surface area (Å²) in [7, 11) is 7.24. The summed E-state index contributed by atoms with van der Waals surface area (Å²) in [6.07, 6.45) is 0.219. The molecule has 0 atom stereocenters. The predicted octanol–water partition coefficient (Wildman–Crippen LogP) is 11.0. The average molecular weight is 1510 g/mol. The van der Waals surface area contributed by atoms with Crippen LogP contribution in [0.1, 0.15) is 95.8 Å².